The van der Waals surface area contributed by atoms with Crippen molar-refractivity contribution in [3.63, 3.8) is 0 Å². The van der Waals surface area contributed by atoms with Gasteiger partial charge in [0.2, 0.25) is 12.1 Å². The van der Waals surface area contributed by atoms with Gasteiger partial charge in [-0.25, -0.2) is 4.99 Å². The SMILES string of the molecule is NC1N=C=C(F)C(c2cccc(N3CCCCC3)c2)=N1. The van der Waals surface area contributed by atoms with Crippen molar-refractivity contribution in [2.75, 3.05) is 18.0 Å². The molecule has 2 N–H and O–H groups in total. The van der Waals surface area contributed by atoms with E-state index >= 15 is 0 Å². The third-order valence-electron chi connectivity index (χ3n) is 3.61. The highest BCUT2D eigenvalue weighted by Crippen LogP contribution is 2.23. The number of nitrogens with zero attached hydrogens (tertiary/aromatic N) is 3. The maximum atomic E-state index is 13.8. The molecular weight excluding hydrogens is 255 g/mol. The average molecular weight is 272 g/mol. The van der Waals surface area contributed by atoms with Crippen molar-refractivity contribution >= 4 is 17.3 Å². The van der Waals surface area contributed by atoms with Crippen LogP contribution in [0.3, 0.4) is 0 Å². The van der Waals surface area contributed by atoms with E-state index in [9.17, 15) is 4.39 Å². The van der Waals surface area contributed by atoms with E-state index in [4.69, 9.17) is 5.73 Å². The number of rotatable bonds is 2. The first-order chi connectivity index (χ1) is 9.74. The molecule has 0 aliphatic carbocycles. The minimum absolute atomic E-state index is 0.242. The summed E-state index contributed by atoms with van der Waals surface area (Å²) in [7, 11) is 0. The van der Waals surface area contributed by atoms with Gasteiger partial charge >= 0.3 is 0 Å². The number of halogens is 1. The Balaban J connectivity index is 1.92. The largest absolute Gasteiger partial charge is 0.372 e. The van der Waals surface area contributed by atoms with Crippen LogP contribution in [0.4, 0.5) is 10.1 Å². The fourth-order valence-electron chi connectivity index (χ4n) is 2.60. The summed E-state index contributed by atoms with van der Waals surface area (Å²) < 4.78 is 13.8. The van der Waals surface area contributed by atoms with Crippen molar-refractivity contribution in [2.24, 2.45) is 15.7 Å². The van der Waals surface area contributed by atoms with Gasteiger partial charge in [-0.2, -0.15) is 9.38 Å². The second-order valence-electron chi connectivity index (χ2n) is 5.04. The van der Waals surface area contributed by atoms with E-state index in [1.54, 1.807) is 0 Å². The summed E-state index contributed by atoms with van der Waals surface area (Å²) in [6.45, 7) is 2.10. The van der Waals surface area contributed by atoms with Gasteiger partial charge in [-0.05, 0) is 31.4 Å². The van der Waals surface area contributed by atoms with Crippen molar-refractivity contribution < 1.29 is 4.39 Å². The molecule has 1 saturated heterocycles. The zero-order valence-electron chi connectivity index (χ0n) is 11.2. The van der Waals surface area contributed by atoms with Crippen LogP contribution in [0, 0.1) is 0 Å². The number of piperidine rings is 1. The van der Waals surface area contributed by atoms with Gasteiger partial charge in [-0.1, -0.05) is 12.1 Å². The lowest BCUT2D eigenvalue weighted by molar-refractivity contribution is 0.578. The van der Waals surface area contributed by atoms with Gasteiger partial charge in [-0.3, -0.25) is 5.73 Å². The second kappa shape index (κ2) is 5.57. The van der Waals surface area contributed by atoms with Crippen molar-refractivity contribution in [3.05, 3.63) is 35.7 Å². The molecule has 0 saturated carbocycles. The topological polar surface area (TPSA) is 54.0 Å². The third-order valence-corrected chi connectivity index (χ3v) is 3.61. The van der Waals surface area contributed by atoms with E-state index in [0.717, 1.165) is 24.3 Å². The maximum absolute atomic E-state index is 13.8. The first-order valence-electron chi connectivity index (χ1n) is 6.91. The molecule has 0 amide bonds. The van der Waals surface area contributed by atoms with E-state index < -0.39 is 12.1 Å². The number of allylic oxidation sites excluding steroid dienone is 1. The van der Waals surface area contributed by atoms with Gasteiger partial charge in [0.1, 0.15) is 5.71 Å². The van der Waals surface area contributed by atoms with Gasteiger partial charge in [0.05, 0.1) is 0 Å². The zero-order chi connectivity index (χ0) is 13.9. The number of anilines is 1. The number of aliphatic imine (C=N–C) groups is 2. The molecule has 2 aliphatic rings. The minimum Gasteiger partial charge on any atom is -0.372 e. The highest BCUT2D eigenvalue weighted by atomic mass is 19.1. The fourth-order valence-corrected chi connectivity index (χ4v) is 2.60. The molecule has 1 unspecified atom stereocenters. The lowest BCUT2D eigenvalue weighted by atomic mass is 10.1. The Hall–Kier alpha value is -1.97. The summed E-state index contributed by atoms with van der Waals surface area (Å²) in [5.41, 5.74) is 7.67. The van der Waals surface area contributed by atoms with Crippen LogP contribution in [-0.4, -0.2) is 31.0 Å². The second-order valence-corrected chi connectivity index (χ2v) is 5.04. The molecule has 1 atom stereocenters. The van der Waals surface area contributed by atoms with E-state index in [1.807, 2.05) is 24.3 Å². The maximum Gasteiger partial charge on any atom is 0.209 e. The molecule has 1 fully saturated rings. The van der Waals surface area contributed by atoms with Gasteiger partial charge in [0.25, 0.3) is 0 Å². The lowest BCUT2D eigenvalue weighted by Crippen LogP contribution is -2.29. The molecule has 4 nitrogen and oxygen atoms in total. The van der Waals surface area contributed by atoms with E-state index in [0.29, 0.717) is 0 Å². The molecule has 0 aromatic heterocycles. The summed E-state index contributed by atoms with van der Waals surface area (Å²) in [5.74, 6) is 1.73. The van der Waals surface area contributed by atoms with Crippen LogP contribution < -0.4 is 10.6 Å². The van der Waals surface area contributed by atoms with Crippen molar-refractivity contribution in [1.82, 2.24) is 0 Å². The first kappa shape index (κ1) is 13.0. The molecule has 2 aliphatic heterocycles. The third kappa shape index (κ3) is 2.64. The molecule has 104 valence electrons. The van der Waals surface area contributed by atoms with Crippen LogP contribution >= 0.6 is 0 Å². The Morgan fingerprint density at radius 1 is 1.25 bits per heavy atom. The Bertz CT molecular complexity index is 596. The normalized spacial score (nSPS) is 22.5. The molecule has 20 heavy (non-hydrogen) atoms. The molecule has 0 radical (unpaired) electrons. The predicted molar refractivity (Wildman–Crippen MR) is 79.1 cm³/mol. The summed E-state index contributed by atoms with van der Waals surface area (Å²) in [6, 6.07) is 7.77. The number of benzene rings is 1. The minimum atomic E-state index is -0.761. The quantitative estimate of drug-likeness (QED) is 0.897. The number of hydrogen-bond acceptors (Lipinski definition) is 4. The molecule has 3 rings (SSSR count). The Morgan fingerprint density at radius 3 is 2.85 bits per heavy atom. The van der Waals surface area contributed by atoms with E-state index in [-0.39, 0.29) is 5.71 Å². The van der Waals surface area contributed by atoms with Crippen LogP contribution in [0.25, 0.3) is 0 Å². The Morgan fingerprint density at radius 2 is 2.05 bits per heavy atom. The van der Waals surface area contributed by atoms with Crippen LogP contribution in [0.5, 0.6) is 0 Å². The number of nitrogens with two attached hydrogens (primary N) is 1. The smallest absolute Gasteiger partial charge is 0.209 e. The van der Waals surface area contributed by atoms with Crippen molar-refractivity contribution in [2.45, 2.75) is 25.6 Å². The van der Waals surface area contributed by atoms with E-state index in [1.165, 1.54) is 19.3 Å². The van der Waals surface area contributed by atoms with Crippen molar-refractivity contribution in [3.8, 4) is 0 Å². The molecular formula is C15H17FN4. The predicted octanol–water partition coefficient (Wildman–Crippen LogP) is 2.25. The zero-order valence-corrected chi connectivity index (χ0v) is 11.2. The standard InChI is InChI=1S/C15H17FN4/c16-13-10-18-15(17)19-14(13)11-5-4-6-12(9-11)20-7-2-1-3-8-20/h4-6,9,15H,1-3,7-8,17H2. The van der Waals surface area contributed by atoms with Crippen LogP contribution in [0.15, 0.2) is 40.1 Å². The lowest BCUT2D eigenvalue weighted by Gasteiger charge is -2.29. The Labute approximate surface area is 117 Å². The molecule has 0 spiro atoms. The monoisotopic (exact) mass is 272 g/mol. The molecule has 5 heteroatoms. The van der Waals surface area contributed by atoms with Gasteiger partial charge in [0.15, 0.2) is 0 Å². The highest BCUT2D eigenvalue weighted by Gasteiger charge is 2.17. The molecule has 1 aromatic carbocycles. The Kier molecular flexibility index (Phi) is 3.63. The van der Waals surface area contributed by atoms with Gasteiger partial charge in [0, 0.05) is 30.2 Å². The van der Waals surface area contributed by atoms with Gasteiger partial charge in [-0.15, -0.1) is 0 Å². The van der Waals surface area contributed by atoms with Crippen LogP contribution in [0.1, 0.15) is 24.8 Å². The molecule has 2 heterocycles. The summed E-state index contributed by atoms with van der Waals surface area (Å²) in [5, 5.41) is 0. The fraction of sp³-hybridized carbons (Fsp3) is 0.400. The highest BCUT2D eigenvalue weighted by molar-refractivity contribution is 6.16. The van der Waals surface area contributed by atoms with E-state index in [2.05, 4.69) is 20.8 Å². The molecule has 0 bridgehead atoms. The average Bonchev–Trinajstić information content (AvgIpc) is 2.51. The molecule has 1 aromatic rings. The van der Waals surface area contributed by atoms with Crippen LogP contribution in [-0.2, 0) is 0 Å². The first-order valence-corrected chi connectivity index (χ1v) is 6.91. The van der Waals surface area contributed by atoms with Crippen LogP contribution in [0.2, 0.25) is 0 Å². The summed E-state index contributed by atoms with van der Waals surface area (Å²) in [6.07, 6.45) is 2.93. The summed E-state index contributed by atoms with van der Waals surface area (Å²) >= 11 is 0. The van der Waals surface area contributed by atoms with Gasteiger partial charge < -0.3 is 4.90 Å². The van der Waals surface area contributed by atoms with Crippen molar-refractivity contribution in [1.29, 1.82) is 0 Å². The number of hydrogen-bond donors (Lipinski definition) is 1. The summed E-state index contributed by atoms with van der Waals surface area (Å²) in [4.78, 5) is 10.00.